The Bertz CT molecular complexity index is 1020. The molecule has 2 aliphatic heterocycles. The minimum atomic E-state index is -4.85. The van der Waals surface area contributed by atoms with Gasteiger partial charge in [-0.05, 0) is 46.8 Å². The number of hydrogen-bond donors (Lipinski definition) is 1. The molecule has 2 aliphatic rings. The Morgan fingerprint density at radius 2 is 1.82 bits per heavy atom. The number of anilines is 1. The van der Waals surface area contributed by atoms with Gasteiger partial charge in [-0.3, -0.25) is 19.7 Å². The van der Waals surface area contributed by atoms with E-state index < -0.39 is 83.6 Å². The molecule has 4 atom stereocenters. The molecule has 0 aliphatic carbocycles. The summed E-state index contributed by atoms with van der Waals surface area (Å²) in [7, 11) is 0. The molecule has 0 radical (unpaired) electrons. The lowest BCUT2D eigenvalue weighted by molar-refractivity contribution is -0.250. The van der Waals surface area contributed by atoms with Gasteiger partial charge in [-0.2, -0.15) is 13.2 Å². The number of carbonyl (C=O) groups excluding carboxylic acids is 3. The van der Waals surface area contributed by atoms with Gasteiger partial charge in [0.15, 0.2) is 17.7 Å². The van der Waals surface area contributed by atoms with E-state index in [1.54, 1.807) is 0 Å². The van der Waals surface area contributed by atoms with Gasteiger partial charge < -0.3 is 9.64 Å². The number of Topliss-reactive ketones (excluding diaryl/α,β-unsaturated/α-hetero) is 1. The first-order valence-corrected chi connectivity index (χ1v) is 10.9. The van der Waals surface area contributed by atoms with Crippen molar-refractivity contribution in [2.45, 2.75) is 58.5 Å². The van der Waals surface area contributed by atoms with Crippen molar-refractivity contribution in [1.29, 1.82) is 0 Å². The van der Waals surface area contributed by atoms with E-state index in [0.717, 1.165) is 24.8 Å². The number of imide groups is 1. The zero-order chi connectivity index (χ0) is 25.0. The first-order chi connectivity index (χ1) is 15.1. The Morgan fingerprint density at radius 1 is 1.21 bits per heavy atom. The van der Waals surface area contributed by atoms with Crippen molar-refractivity contribution in [2.75, 3.05) is 11.4 Å². The smallest absolute Gasteiger partial charge is 0.361 e. The number of halogens is 6. The average molecular weight is 541 g/mol. The predicted octanol–water partition coefficient (Wildman–Crippen LogP) is 3.68. The number of morpholine rings is 1. The molecule has 1 aromatic carbocycles. The van der Waals surface area contributed by atoms with E-state index in [4.69, 9.17) is 4.74 Å². The van der Waals surface area contributed by atoms with Crippen molar-refractivity contribution in [3.8, 4) is 0 Å². The van der Waals surface area contributed by atoms with Crippen LogP contribution in [0.3, 0.4) is 0 Å². The van der Waals surface area contributed by atoms with Crippen LogP contribution in [0.1, 0.15) is 33.3 Å². The number of amides is 2. The number of hydrogen-bond acceptors (Lipinski definition) is 5. The zero-order valence-corrected chi connectivity index (χ0v) is 19.7. The molecule has 1 saturated heterocycles. The summed E-state index contributed by atoms with van der Waals surface area (Å²) in [5.74, 6) is -5.94. The topological polar surface area (TPSA) is 75.7 Å². The van der Waals surface area contributed by atoms with Gasteiger partial charge in [-0.15, -0.1) is 0 Å². The summed E-state index contributed by atoms with van der Waals surface area (Å²) in [5.41, 5.74) is -2.60. The summed E-state index contributed by atoms with van der Waals surface area (Å²) < 4.78 is 75.8. The van der Waals surface area contributed by atoms with Crippen molar-refractivity contribution in [2.24, 2.45) is 11.3 Å². The number of nitrogens with zero attached hydrogens (tertiary/aromatic N) is 1. The molecule has 2 heterocycles. The Kier molecular flexibility index (Phi) is 6.66. The van der Waals surface area contributed by atoms with E-state index >= 15 is 4.39 Å². The molecule has 0 saturated carbocycles. The van der Waals surface area contributed by atoms with Crippen molar-refractivity contribution >= 4 is 39.2 Å². The van der Waals surface area contributed by atoms with Crippen LogP contribution in [-0.2, 0) is 25.5 Å². The van der Waals surface area contributed by atoms with Crippen molar-refractivity contribution in [3.05, 3.63) is 27.7 Å². The van der Waals surface area contributed by atoms with Gasteiger partial charge in [0, 0.05) is 6.92 Å². The lowest BCUT2D eigenvalue weighted by Crippen LogP contribution is -2.72. The van der Waals surface area contributed by atoms with Gasteiger partial charge in [0.2, 0.25) is 11.8 Å². The predicted molar refractivity (Wildman–Crippen MR) is 110 cm³/mol. The van der Waals surface area contributed by atoms with Crippen LogP contribution in [0, 0.1) is 23.0 Å². The third kappa shape index (κ3) is 4.16. The maximum atomic E-state index is 15.1. The van der Waals surface area contributed by atoms with E-state index in [-0.39, 0.29) is 10.0 Å². The minimum absolute atomic E-state index is 0.0451. The SMILES string of the molecule is CC(=O)NC(=O)[C@]1(C(C)=O)Cc2cc(Br)c(F)c(F)c2N2C[C@@H](C(F)(F)F)OC(C(C)C)[C@@H]21. The van der Waals surface area contributed by atoms with Crippen LogP contribution in [0.25, 0.3) is 0 Å². The van der Waals surface area contributed by atoms with E-state index in [9.17, 15) is 31.9 Å². The average Bonchev–Trinajstić information content (AvgIpc) is 2.68. The Labute approximate surface area is 194 Å². The number of ketones is 1. The van der Waals surface area contributed by atoms with Crippen LogP contribution in [0.2, 0.25) is 0 Å². The molecule has 1 unspecified atom stereocenters. The molecule has 0 spiro atoms. The summed E-state index contributed by atoms with van der Waals surface area (Å²) >= 11 is 2.87. The Morgan fingerprint density at radius 3 is 2.30 bits per heavy atom. The fourth-order valence-electron chi connectivity index (χ4n) is 4.72. The van der Waals surface area contributed by atoms with E-state index in [1.807, 2.05) is 0 Å². The van der Waals surface area contributed by atoms with Gasteiger partial charge in [-0.1, -0.05) is 13.8 Å². The summed E-state index contributed by atoms with van der Waals surface area (Å²) in [4.78, 5) is 38.9. The molecule has 33 heavy (non-hydrogen) atoms. The number of carbonyl (C=O) groups is 3. The highest BCUT2D eigenvalue weighted by Gasteiger charge is 2.63. The zero-order valence-electron chi connectivity index (χ0n) is 18.1. The molecule has 0 bridgehead atoms. The molecule has 2 amide bonds. The van der Waals surface area contributed by atoms with Crippen LogP contribution < -0.4 is 10.2 Å². The van der Waals surface area contributed by atoms with Crippen LogP contribution in [-0.4, -0.2) is 48.6 Å². The highest BCUT2D eigenvalue weighted by Crippen LogP contribution is 2.50. The molecule has 1 fully saturated rings. The van der Waals surface area contributed by atoms with Gasteiger partial charge >= 0.3 is 6.18 Å². The third-order valence-electron chi connectivity index (χ3n) is 6.15. The van der Waals surface area contributed by atoms with Gasteiger partial charge in [0.25, 0.3) is 0 Å². The second-order valence-electron chi connectivity index (χ2n) is 8.68. The molecule has 3 rings (SSSR count). The second kappa shape index (κ2) is 8.61. The monoisotopic (exact) mass is 540 g/mol. The largest absolute Gasteiger partial charge is 0.416 e. The molecular formula is C21H22BrF5N2O4. The van der Waals surface area contributed by atoms with Gasteiger partial charge in [0.1, 0.15) is 11.2 Å². The fraction of sp³-hybridized carbons (Fsp3) is 0.571. The van der Waals surface area contributed by atoms with Gasteiger partial charge in [0.05, 0.1) is 28.9 Å². The Hall–Kier alpha value is -2.08. The van der Waals surface area contributed by atoms with Crippen LogP contribution in [0.4, 0.5) is 27.6 Å². The number of nitrogens with one attached hydrogen (secondary N) is 1. The third-order valence-corrected chi connectivity index (χ3v) is 6.73. The number of fused-ring (bicyclic) bond motifs is 3. The normalized spacial score (nSPS) is 27.1. The standard InChI is InChI=1S/C21H22BrF5N2O4/c1-8(2)17-18-20(9(3)30,19(32)28-10(4)31)6-11-5-12(22)14(23)15(24)16(11)29(18)7-13(33-17)21(25,26)27/h5,8,13,17-18H,6-7H2,1-4H3,(H,28,31,32)/t13-,17?,18+,20-/m0/s1. The first kappa shape index (κ1) is 25.5. The van der Waals surface area contributed by atoms with Crippen LogP contribution >= 0.6 is 15.9 Å². The van der Waals surface area contributed by atoms with E-state index in [1.165, 1.54) is 13.8 Å². The van der Waals surface area contributed by atoms with E-state index in [2.05, 4.69) is 21.2 Å². The molecule has 0 aromatic heterocycles. The second-order valence-corrected chi connectivity index (χ2v) is 9.54. The fourth-order valence-corrected chi connectivity index (χ4v) is 5.17. The number of alkyl halides is 3. The quantitative estimate of drug-likeness (QED) is 0.359. The lowest BCUT2D eigenvalue weighted by atomic mass is 9.64. The number of rotatable bonds is 3. The number of benzene rings is 1. The minimum Gasteiger partial charge on any atom is -0.361 e. The molecular weight excluding hydrogens is 519 g/mol. The van der Waals surface area contributed by atoms with Crippen molar-refractivity contribution in [3.63, 3.8) is 0 Å². The molecule has 1 N–H and O–H groups in total. The maximum Gasteiger partial charge on any atom is 0.416 e. The summed E-state index contributed by atoms with van der Waals surface area (Å²) in [5, 5.41) is 2.06. The molecule has 1 aromatic rings. The molecule has 6 nitrogen and oxygen atoms in total. The van der Waals surface area contributed by atoms with Crippen LogP contribution in [0.5, 0.6) is 0 Å². The maximum absolute atomic E-state index is 15.1. The van der Waals surface area contributed by atoms with Crippen LogP contribution in [0.15, 0.2) is 10.5 Å². The highest BCUT2D eigenvalue weighted by atomic mass is 79.9. The van der Waals surface area contributed by atoms with E-state index in [0.29, 0.717) is 0 Å². The molecule has 182 valence electrons. The van der Waals surface area contributed by atoms with Crippen molar-refractivity contribution in [1.82, 2.24) is 5.32 Å². The first-order valence-electron chi connectivity index (χ1n) is 10.1. The Balaban J connectivity index is 2.36. The lowest BCUT2D eigenvalue weighted by Gasteiger charge is -2.56. The summed E-state index contributed by atoms with van der Waals surface area (Å²) in [6, 6.07) is -0.291. The summed E-state index contributed by atoms with van der Waals surface area (Å²) in [6.07, 6.45) is -9.05. The van der Waals surface area contributed by atoms with Crippen molar-refractivity contribution < 1.29 is 41.1 Å². The highest BCUT2D eigenvalue weighted by molar-refractivity contribution is 9.10. The molecule has 12 heteroatoms. The number of ether oxygens (including phenoxy) is 1. The summed E-state index contributed by atoms with van der Waals surface area (Å²) in [6.45, 7) is 4.21. The van der Waals surface area contributed by atoms with Gasteiger partial charge in [-0.25, -0.2) is 8.78 Å².